The molecule has 0 radical (unpaired) electrons. The van der Waals surface area contributed by atoms with Gasteiger partial charge >= 0.3 is 6.09 Å². The van der Waals surface area contributed by atoms with Crippen LogP contribution in [-0.4, -0.2) is 137 Å². The number of hydrogen-bond donors (Lipinski definition) is 8. The molecule has 8 fully saturated rings. The van der Waals surface area contributed by atoms with E-state index in [9.17, 15) is 43.8 Å². The number of amides is 7. The van der Waals surface area contributed by atoms with Crippen molar-refractivity contribution in [1.29, 1.82) is 0 Å². The van der Waals surface area contributed by atoms with E-state index in [2.05, 4.69) is 16.0 Å². The summed E-state index contributed by atoms with van der Waals surface area (Å²) >= 11 is 25.8. The number of ether oxygens (including phenoxy) is 1. The second-order valence-electron chi connectivity index (χ2n) is 22.9. The van der Waals surface area contributed by atoms with Crippen LogP contribution in [0.4, 0.5) is 4.79 Å². The fourth-order valence-corrected chi connectivity index (χ4v) is 13.9. The largest absolute Gasteiger partial charge is 0.444 e. The fraction of sp³-hybridized carbons (Fsp3) is 0.857. The van der Waals surface area contributed by atoms with Gasteiger partial charge in [-0.3, -0.25) is 28.8 Å². The average Bonchev–Trinajstić information content (AvgIpc) is 3.73. The van der Waals surface area contributed by atoms with E-state index in [4.69, 9.17) is 68.3 Å². The lowest BCUT2D eigenvalue weighted by Crippen LogP contribution is -2.60. The number of rotatable bonds is 17. The Hall–Kier alpha value is -2.58. The van der Waals surface area contributed by atoms with Crippen LogP contribution in [0.25, 0.3) is 0 Å². The first-order chi connectivity index (χ1) is 33.3. The highest BCUT2D eigenvalue weighted by atomic mass is 35.5. The summed E-state index contributed by atoms with van der Waals surface area (Å²) in [6.07, 6.45) is 12.7. The number of alkyl carbamates (subject to hydrolysis) is 1. The summed E-state index contributed by atoms with van der Waals surface area (Å²) in [6.45, 7) is 5.69. The number of aliphatic hydroxyl groups is 2. The number of nitrogens with one attached hydrogen (secondary N) is 3. The molecular formula is C49H77Cl5N8O10. The van der Waals surface area contributed by atoms with Gasteiger partial charge in [-0.1, -0.05) is 77.0 Å². The molecule has 408 valence electrons. The van der Waals surface area contributed by atoms with Gasteiger partial charge in [0.2, 0.25) is 35.4 Å². The maximum Gasteiger partial charge on any atom is 0.408 e. The predicted octanol–water partition coefficient (Wildman–Crippen LogP) is 4.08. The van der Waals surface area contributed by atoms with Crippen molar-refractivity contribution < 1.29 is 48.5 Å². The summed E-state index contributed by atoms with van der Waals surface area (Å²) in [7, 11) is 0. The zero-order valence-corrected chi connectivity index (χ0v) is 45.4. The number of alkyl halides is 4. The van der Waals surface area contributed by atoms with Crippen molar-refractivity contribution in [3.8, 4) is 0 Å². The second kappa shape index (κ2) is 23.8. The Morgan fingerprint density at radius 2 is 1.00 bits per heavy atom. The molecule has 0 spiro atoms. The number of piperidine rings is 2. The minimum absolute atomic E-state index is 0. The molecule has 2 aliphatic heterocycles. The summed E-state index contributed by atoms with van der Waals surface area (Å²) in [4.78, 5) is 93.7. The van der Waals surface area contributed by atoms with E-state index >= 15 is 0 Å². The van der Waals surface area contributed by atoms with Crippen LogP contribution >= 0.6 is 58.8 Å². The molecule has 8 aliphatic rings. The van der Waals surface area contributed by atoms with Gasteiger partial charge in [-0.2, -0.15) is 0 Å². The minimum atomic E-state index is -1.56. The smallest absolute Gasteiger partial charge is 0.408 e. The minimum Gasteiger partial charge on any atom is -0.444 e. The molecule has 4 unspecified atom stereocenters. The second-order valence-corrected chi connectivity index (χ2v) is 25.8. The molecule has 7 amide bonds. The molecule has 0 aromatic carbocycles. The van der Waals surface area contributed by atoms with Crippen molar-refractivity contribution in [3.05, 3.63) is 0 Å². The molecule has 8 rings (SSSR count). The SMILES string of the molecule is CC(C)(C)OC(=O)N[C@H](C(=O)N1C[C@H]2[C@@H]([C@H]1C(=O)NC(CC1CCC1)C(O)C(N)=O)C2(Cl)Cl)C1CCCCC1.Cl.NC(=O)C(O)C(CC1CCC1)NC(=O)[C@@H]1[C@@H]2[C@H](CN1C(=O)[C@@H](N)C1CCCCC1)C2(Cl)Cl. The van der Waals surface area contributed by atoms with Gasteiger partial charge in [0.25, 0.3) is 0 Å². The first-order valence-electron chi connectivity index (χ1n) is 26.0. The number of primary amides is 2. The van der Waals surface area contributed by atoms with Crippen LogP contribution in [-0.2, 0) is 33.5 Å². The maximum atomic E-state index is 14.1. The molecule has 2 saturated heterocycles. The lowest BCUT2D eigenvalue weighted by molar-refractivity contribution is -0.143. The number of fused-ring (bicyclic) bond motifs is 2. The molecule has 12 atom stereocenters. The van der Waals surface area contributed by atoms with E-state index in [1.165, 1.54) is 9.80 Å². The highest BCUT2D eigenvalue weighted by Gasteiger charge is 2.75. The first-order valence-corrected chi connectivity index (χ1v) is 27.5. The molecule has 6 aliphatic carbocycles. The molecule has 0 bridgehead atoms. The Labute approximate surface area is 449 Å². The fourth-order valence-electron chi connectivity index (χ4n) is 12.3. The number of carbonyl (C=O) groups excluding carboxylic acids is 7. The molecule has 0 aromatic rings. The van der Waals surface area contributed by atoms with Crippen LogP contribution in [0, 0.1) is 47.3 Å². The van der Waals surface area contributed by atoms with E-state index in [1.54, 1.807) is 20.8 Å². The van der Waals surface area contributed by atoms with Crippen molar-refractivity contribution in [3.63, 3.8) is 0 Å². The summed E-state index contributed by atoms with van der Waals surface area (Å²) in [6, 6.07) is -5.11. The van der Waals surface area contributed by atoms with Crippen molar-refractivity contribution in [2.45, 2.75) is 199 Å². The van der Waals surface area contributed by atoms with Gasteiger partial charge in [0, 0.05) is 36.8 Å². The van der Waals surface area contributed by atoms with E-state index in [1.807, 2.05) is 0 Å². The van der Waals surface area contributed by atoms with E-state index in [0.29, 0.717) is 18.8 Å². The Balaban J connectivity index is 0.000000236. The first kappa shape index (κ1) is 58.7. The third-order valence-corrected chi connectivity index (χ3v) is 19.0. The zero-order chi connectivity index (χ0) is 51.9. The number of nitrogens with two attached hydrogens (primary N) is 3. The van der Waals surface area contributed by atoms with Crippen molar-refractivity contribution in [2.75, 3.05) is 13.1 Å². The number of aliphatic hydroxyl groups excluding tert-OH is 2. The van der Waals surface area contributed by atoms with Crippen molar-refractivity contribution >= 4 is 100 Å². The Bertz CT molecular complexity index is 2000. The molecule has 0 aromatic heterocycles. The number of nitrogens with zero attached hydrogens (tertiary/aromatic N) is 2. The average molecular weight is 1120 g/mol. The van der Waals surface area contributed by atoms with Crippen LogP contribution in [0.3, 0.4) is 0 Å². The number of likely N-dealkylation sites (tertiary alicyclic amines) is 2. The lowest BCUT2D eigenvalue weighted by atomic mass is 9.79. The molecule has 23 heteroatoms. The van der Waals surface area contributed by atoms with Crippen LogP contribution in [0.15, 0.2) is 0 Å². The van der Waals surface area contributed by atoms with Crippen LogP contribution in [0.5, 0.6) is 0 Å². The Kier molecular flexibility index (Phi) is 19.4. The maximum absolute atomic E-state index is 14.1. The number of carbonyl (C=O) groups is 7. The van der Waals surface area contributed by atoms with E-state index < -0.39 is 104 Å². The van der Waals surface area contributed by atoms with Gasteiger partial charge in [-0.25, -0.2) is 4.79 Å². The lowest BCUT2D eigenvalue weighted by Gasteiger charge is -2.37. The quantitative estimate of drug-likeness (QED) is 0.0961. The summed E-state index contributed by atoms with van der Waals surface area (Å²) in [5.41, 5.74) is 16.3. The van der Waals surface area contributed by atoms with Crippen molar-refractivity contribution in [2.24, 2.45) is 64.5 Å². The molecule has 72 heavy (non-hydrogen) atoms. The van der Waals surface area contributed by atoms with Gasteiger partial charge in [0.1, 0.15) is 32.4 Å². The van der Waals surface area contributed by atoms with Crippen LogP contribution in [0.1, 0.15) is 136 Å². The van der Waals surface area contributed by atoms with Crippen molar-refractivity contribution in [1.82, 2.24) is 25.8 Å². The molecule has 18 nitrogen and oxygen atoms in total. The summed E-state index contributed by atoms with van der Waals surface area (Å²) < 4.78 is 3.22. The highest BCUT2D eigenvalue weighted by molar-refractivity contribution is 6.52. The zero-order valence-electron chi connectivity index (χ0n) is 41.6. The predicted molar refractivity (Wildman–Crippen MR) is 274 cm³/mol. The van der Waals surface area contributed by atoms with Gasteiger partial charge < -0.3 is 57.9 Å². The number of halogens is 5. The highest BCUT2D eigenvalue weighted by Crippen LogP contribution is 2.66. The molecule has 2 heterocycles. The monoisotopic (exact) mass is 1110 g/mol. The normalized spacial score (nSPS) is 30.0. The number of hydrogen-bond acceptors (Lipinski definition) is 11. The standard InChI is InChI=1S/C27H42Cl2N4O6.C22H34Cl2N4O4.ClH/c1-26(2,3)39-25(38)32-19(15-10-5-4-6-11-15)24(37)33-13-16-18(27(16,28)29)20(33)23(36)31-17(21(34)22(30)35)12-14-8-7-9-14;23-22(24)13-10-28(21(32)16(25)12-7-2-1-3-8-12)17(15(13)22)20(31)27-14(18(29)19(26)30)9-11-5-4-6-11;/h14-21,34H,4-13H2,1-3H3,(H2,30,35)(H,31,36)(H,32,38);11-18,29H,1-10,25H2,(H2,26,30)(H,27,31);1H/t16-,17?,18-,19-,20-,21?;13-,14?,15-,16-,17-,18?;/m00./s1. The van der Waals surface area contributed by atoms with Gasteiger partial charge in [0.05, 0.1) is 18.1 Å². The van der Waals surface area contributed by atoms with E-state index in [-0.39, 0.29) is 66.9 Å². The molecular weight excluding hydrogens is 1040 g/mol. The van der Waals surface area contributed by atoms with Gasteiger partial charge in [-0.05, 0) is 83.0 Å². The topological polar surface area (TPSA) is 290 Å². The Morgan fingerprint density at radius 3 is 1.36 bits per heavy atom. The van der Waals surface area contributed by atoms with Gasteiger partial charge in [-0.15, -0.1) is 58.8 Å². The van der Waals surface area contributed by atoms with Crippen LogP contribution in [0.2, 0.25) is 0 Å². The van der Waals surface area contributed by atoms with Crippen LogP contribution < -0.4 is 33.2 Å². The third kappa shape index (κ3) is 13.1. The summed E-state index contributed by atoms with van der Waals surface area (Å²) in [5.74, 6) is -4.25. The summed E-state index contributed by atoms with van der Waals surface area (Å²) in [5, 5.41) is 29.2. The Morgan fingerprint density at radius 1 is 0.611 bits per heavy atom. The van der Waals surface area contributed by atoms with E-state index in [0.717, 1.165) is 103 Å². The van der Waals surface area contributed by atoms with Gasteiger partial charge in [0.15, 0.2) is 12.2 Å². The molecule has 11 N–H and O–H groups in total. The molecule has 6 saturated carbocycles. The third-order valence-electron chi connectivity index (χ3n) is 16.9.